The molecule has 9 heteroatoms. The van der Waals surface area contributed by atoms with Crippen LogP contribution in [0.4, 0.5) is 24.5 Å². The van der Waals surface area contributed by atoms with Crippen LogP contribution < -0.4 is 10.6 Å². The highest BCUT2D eigenvalue weighted by Gasteiger charge is 2.33. The van der Waals surface area contributed by atoms with Gasteiger partial charge in [-0.1, -0.05) is 22.0 Å². The molecule has 0 bridgehead atoms. The van der Waals surface area contributed by atoms with Gasteiger partial charge in [0, 0.05) is 45.6 Å². The normalized spacial score (nSPS) is 11.8. The molecule has 2 aromatic heterocycles. The van der Waals surface area contributed by atoms with Crippen molar-refractivity contribution in [2.75, 3.05) is 12.4 Å². The lowest BCUT2D eigenvalue weighted by atomic mass is 10.1. The van der Waals surface area contributed by atoms with Crippen LogP contribution in [0.25, 0.3) is 10.9 Å². The lowest BCUT2D eigenvalue weighted by Gasteiger charge is -2.15. The molecule has 0 aliphatic carbocycles. The first-order valence-electron chi connectivity index (χ1n) is 9.36. The van der Waals surface area contributed by atoms with E-state index in [0.717, 1.165) is 27.4 Å². The van der Waals surface area contributed by atoms with E-state index in [0.29, 0.717) is 16.7 Å². The van der Waals surface area contributed by atoms with Gasteiger partial charge in [-0.15, -0.1) is 0 Å². The van der Waals surface area contributed by atoms with Crippen molar-refractivity contribution in [1.82, 2.24) is 14.3 Å². The van der Waals surface area contributed by atoms with Crippen molar-refractivity contribution in [3.05, 3.63) is 82.7 Å². The Morgan fingerprint density at radius 3 is 2.68 bits per heavy atom. The molecule has 4 aromatic rings. The summed E-state index contributed by atoms with van der Waals surface area (Å²) in [6.07, 6.45) is 1.05. The zero-order valence-electron chi connectivity index (χ0n) is 16.4. The zero-order chi connectivity index (χ0) is 22.0. The lowest BCUT2D eigenvalue weighted by molar-refractivity contribution is -0.137. The van der Waals surface area contributed by atoms with Crippen LogP contribution in [0.2, 0.25) is 0 Å². The average molecular weight is 507 g/mol. The second-order valence-electron chi connectivity index (χ2n) is 6.84. The predicted molar refractivity (Wildman–Crippen MR) is 123 cm³/mol. The molecule has 0 aliphatic heterocycles. The van der Waals surface area contributed by atoms with E-state index in [4.69, 9.17) is 0 Å². The summed E-state index contributed by atoms with van der Waals surface area (Å²) in [4.78, 5) is 5.11. The standard InChI is InChI=1S/C22H18BrF3N4S/c1-27-11-14-13-30(31-17-3-2-8-28-12-17)21-10-16(5-6-18(14)21)29-20-7-4-15(23)9-19(20)22(24,25)26/h2-10,12-13,27,29H,11H2,1H3. The minimum absolute atomic E-state index is 0.00326. The predicted octanol–water partition coefficient (Wildman–Crippen LogP) is 6.84. The van der Waals surface area contributed by atoms with E-state index in [1.165, 1.54) is 18.0 Å². The van der Waals surface area contributed by atoms with Crippen molar-refractivity contribution in [3.63, 3.8) is 0 Å². The maximum Gasteiger partial charge on any atom is 0.418 e. The SMILES string of the molecule is CNCc1cn(Sc2cccnc2)c2cc(Nc3ccc(Br)cc3C(F)(F)F)ccc12. The Morgan fingerprint density at radius 2 is 1.97 bits per heavy atom. The van der Waals surface area contributed by atoms with Crippen LogP contribution in [0, 0.1) is 0 Å². The summed E-state index contributed by atoms with van der Waals surface area (Å²) < 4.78 is 42.9. The fourth-order valence-corrected chi connectivity index (χ4v) is 4.55. The molecule has 160 valence electrons. The zero-order valence-corrected chi connectivity index (χ0v) is 18.8. The highest BCUT2D eigenvalue weighted by atomic mass is 79.9. The average Bonchev–Trinajstić information content (AvgIpc) is 3.06. The number of halogens is 4. The largest absolute Gasteiger partial charge is 0.418 e. The Hall–Kier alpha value is -2.49. The highest BCUT2D eigenvalue weighted by molar-refractivity contribution is 9.10. The number of fused-ring (bicyclic) bond motifs is 1. The van der Waals surface area contributed by atoms with Crippen molar-refractivity contribution in [2.24, 2.45) is 0 Å². The summed E-state index contributed by atoms with van der Waals surface area (Å²) in [5.41, 5.74) is 1.85. The molecule has 0 saturated heterocycles. The molecule has 0 amide bonds. The summed E-state index contributed by atoms with van der Waals surface area (Å²) in [5, 5.41) is 7.13. The molecule has 31 heavy (non-hydrogen) atoms. The number of alkyl halides is 3. The highest BCUT2D eigenvalue weighted by Crippen LogP contribution is 2.38. The number of nitrogens with zero attached hydrogens (tertiary/aromatic N) is 2. The Kier molecular flexibility index (Phi) is 6.27. The van der Waals surface area contributed by atoms with Gasteiger partial charge in [-0.05, 0) is 67.0 Å². The number of anilines is 2. The maximum absolute atomic E-state index is 13.5. The molecule has 0 fully saturated rings. The van der Waals surface area contributed by atoms with Crippen LogP contribution in [0.1, 0.15) is 11.1 Å². The second-order valence-corrected chi connectivity index (χ2v) is 8.80. The summed E-state index contributed by atoms with van der Waals surface area (Å²) in [6, 6.07) is 13.5. The van der Waals surface area contributed by atoms with Gasteiger partial charge in [0.1, 0.15) is 0 Å². The van der Waals surface area contributed by atoms with E-state index in [1.54, 1.807) is 24.5 Å². The molecule has 0 saturated carbocycles. The molecule has 0 unspecified atom stereocenters. The van der Waals surface area contributed by atoms with E-state index in [-0.39, 0.29) is 5.69 Å². The third-order valence-electron chi connectivity index (χ3n) is 4.63. The van der Waals surface area contributed by atoms with Gasteiger partial charge in [0.05, 0.1) is 16.8 Å². The van der Waals surface area contributed by atoms with Crippen molar-refractivity contribution in [1.29, 1.82) is 0 Å². The van der Waals surface area contributed by atoms with Crippen LogP contribution >= 0.6 is 27.9 Å². The minimum atomic E-state index is -4.47. The first-order chi connectivity index (χ1) is 14.8. The van der Waals surface area contributed by atoms with E-state index in [2.05, 4.69) is 31.5 Å². The molecule has 2 N–H and O–H groups in total. The Balaban J connectivity index is 1.75. The van der Waals surface area contributed by atoms with Crippen LogP contribution in [0.15, 0.2) is 76.5 Å². The van der Waals surface area contributed by atoms with Gasteiger partial charge in [-0.3, -0.25) is 8.96 Å². The molecule has 0 atom stereocenters. The van der Waals surface area contributed by atoms with Crippen LogP contribution in [-0.4, -0.2) is 16.0 Å². The van der Waals surface area contributed by atoms with Crippen molar-refractivity contribution < 1.29 is 13.2 Å². The topological polar surface area (TPSA) is 41.9 Å². The van der Waals surface area contributed by atoms with Gasteiger partial charge >= 0.3 is 6.18 Å². The van der Waals surface area contributed by atoms with Crippen LogP contribution in [0.5, 0.6) is 0 Å². The van der Waals surface area contributed by atoms with Gasteiger partial charge in [-0.25, -0.2) is 0 Å². The van der Waals surface area contributed by atoms with Crippen molar-refractivity contribution >= 4 is 50.2 Å². The Labute approximate surface area is 190 Å². The van der Waals surface area contributed by atoms with Crippen LogP contribution in [0.3, 0.4) is 0 Å². The van der Waals surface area contributed by atoms with Gasteiger partial charge in [0.2, 0.25) is 0 Å². The molecule has 0 radical (unpaired) electrons. The minimum Gasteiger partial charge on any atom is -0.355 e. The molecule has 2 aromatic carbocycles. The molecule has 0 spiro atoms. The van der Waals surface area contributed by atoms with Gasteiger partial charge in [0.25, 0.3) is 0 Å². The van der Waals surface area contributed by atoms with E-state index >= 15 is 0 Å². The van der Waals surface area contributed by atoms with E-state index in [9.17, 15) is 13.2 Å². The first kappa shape index (κ1) is 21.7. The quantitative estimate of drug-likeness (QED) is 0.300. The van der Waals surface area contributed by atoms with Crippen LogP contribution in [-0.2, 0) is 12.7 Å². The van der Waals surface area contributed by atoms with Gasteiger partial charge in [-0.2, -0.15) is 13.2 Å². The number of benzene rings is 2. The molecular formula is C22H18BrF3N4S. The molecular weight excluding hydrogens is 489 g/mol. The number of hydrogen-bond donors (Lipinski definition) is 2. The number of pyridine rings is 1. The fourth-order valence-electron chi connectivity index (χ4n) is 3.28. The molecule has 4 nitrogen and oxygen atoms in total. The number of rotatable bonds is 6. The van der Waals surface area contributed by atoms with E-state index in [1.807, 2.05) is 41.5 Å². The molecule has 4 rings (SSSR count). The van der Waals surface area contributed by atoms with Gasteiger partial charge < -0.3 is 10.6 Å². The molecule has 0 aliphatic rings. The van der Waals surface area contributed by atoms with Gasteiger partial charge in [0.15, 0.2) is 0 Å². The number of aromatic nitrogens is 2. The Morgan fingerprint density at radius 1 is 1.13 bits per heavy atom. The summed E-state index contributed by atoms with van der Waals surface area (Å²) >= 11 is 4.62. The monoisotopic (exact) mass is 506 g/mol. The van der Waals surface area contributed by atoms with Crippen molar-refractivity contribution in [3.8, 4) is 0 Å². The smallest absolute Gasteiger partial charge is 0.355 e. The van der Waals surface area contributed by atoms with Crippen molar-refractivity contribution in [2.45, 2.75) is 17.6 Å². The summed E-state index contributed by atoms with van der Waals surface area (Å²) in [5.74, 6) is 0. The lowest BCUT2D eigenvalue weighted by Crippen LogP contribution is -2.08. The fraction of sp³-hybridized carbons (Fsp3) is 0.136. The summed E-state index contributed by atoms with van der Waals surface area (Å²) in [6.45, 7) is 0.675. The maximum atomic E-state index is 13.5. The Bertz CT molecular complexity index is 1210. The summed E-state index contributed by atoms with van der Waals surface area (Å²) in [7, 11) is 1.87. The number of nitrogens with one attached hydrogen (secondary N) is 2. The third-order valence-corrected chi connectivity index (χ3v) is 6.07. The first-order valence-corrected chi connectivity index (χ1v) is 10.9. The third kappa shape index (κ3) is 4.89. The number of hydrogen-bond acceptors (Lipinski definition) is 4. The van der Waals surface area contributed by atoms with E-state index < -0.39 is 11.7 Å². The molecule has 2 heterocycles. The second kappa shape index (κ2) is 8.94.